The van der Waals surface area contributed by atoms with Gasteiger partial charge in [0.15, 0.2) is 33.3 Å². The molecule has 0 aliphatic rings. The van der Waals surface area contributed by atoms with Gasteiger partial charge in [0.2, 0.25) is 0 Å². The van der Waals surface area contributed by atoms with Gasteiger partial charge in [-0.1, -0.05) is 83.1 Å². The molecule has 0 saturated carbocycles. The molecule has 0 amide bonds. The molecule has 33 heavy (non-hydrogen) atoms. The van der Waals surface area contributed by atoms with Gasteiger partial charge in [-0.3, -0.25) is 0 Å². The van der Waals surface area contributed by atoms with Crippen LogP contribution in [0.25, 0.3) is 0 Å². The van der Waals surface area contributed by atoms with Crippen LogP contribution in [0.15, 0.2) is 0 Å². The first-order valence-electron chi connectivity index (χ1n) is 13.6. The summed E-state index contributed by atoms with van der Waals surface area (Å²) in [5, 5.41) is 0. The van der Waals surface area contributed by atoms with E-state index in [9.17, 15) is 19.2 Å². The SMILES string of the molecule is CC[Si](O)(CC)CC.CC[Si](O)(CC)CC.CC[Si](O)(CC)CC.CC[Si](O)(CC)CC.[Ti]. The molecule has 4 N–H and O–H groups in total. The molecule has 0 radical (unpaired) electrons. The Morgan fingerprint density at radius 2 is 0.333 bits per heavy atom. The van der Waals surface area contributed by atoms with Gasteiger partial charge in [0, 0.05) is 21.7 Å². The topological polar surface area (TPSA) is 80.9 Å². The van der Waals surface area contributed by atoms with Crippen molar-refractivity contribution in [1.82, 2.24) is 0 Å². The van der Waals surface area contributed by atoms with Crippen LogP contribution in [0.3, 0.4) is 0 Å². The molecule has 0 aliphatic heterocycles. The Morgan fingerprint density at radius 3 is 0.333 bits per heavy atom. The van der Waals surface area contributed by atoms with Crippen LogP contribution < -0.4 is 0 Å². The number of hydrogen-bond acceptors (Lipinski definition) is 4. The minimum absolute atomic E-state index is 0. The molecule has 0 fully saturated rings. The van der Waals surface area contributed by atoms with Gasteiger partial charge in [0.25, 0.3) is 0 Å². The van der Waals surface area contributed by atoms with E-state index in [-0.39, 0.29) is 21.7 Å². The maximum absolute atomic E-state index is 9.58. The summed E-state index contributed by atoms with van der Waals surface area (Å²) in [4.78, 5) is 38.3. The summed E-state index contributed by atoms with van der Waals surface area (Å²) < 4.78 is 0. The van der Waals surface area contributed by atoms with Crippen molar-refractivity contribution >= 4 is 33.3 Å². The van der Waals surface area contributed by atoms with Gasteiger partial charge in [-0.05, 0) is 72.5 Å². The largest absolute Gasteiger partial charge is 0.432 e. The van der Waals surface area contributed by atoms with Crippen molar-refractivity contribution in [1.29, 1.82) is 0 Å². The summed E-state index contributed by atoms with van der Waals surface area (Å²) in [6.07, 6.45) is 0. The average molecular weight is 577 g/mol. The van der Waals surface area contributed by atoms with Gasteiger partial charge in [0.05, 0.1) is 0 Å². The summed E-state index contributed by atoms with van der Waals surface area (Å²) >= 11 is 0. The summed E-state index contributed by atoms with van der Waals surface area (Å²) in [5.41, 5.74) is 0. The van der Waals surface area contributed by atoms with Crippen molar-refractivity contribution in [3.8, 4) is 0 Å². The van der Waals surface area contributed by atoms with E-state index in [1.807, 2.05) is 0 Å². The first-order valence-corrected chi connectivity index (χ1v) is 23.9. The molecule has 0 spiro atoms. The fourth-order valence-corrected chi connectivity index (χ4v) is 9.00. The Bertz CT molecular complexity index is 284. The van der Waals surface area contributed by atoms with Crippen LogP contribution in [0.4, 0.5) is 0 Å². The molecule has 0 aromatic rings. The fraction of sp³-hybridized carbons (Fsp3) is 1.00. The Labute approximate surface area is 228 Å². The maximum Gasteiger partial charge on any atom is 0.187 e. The Balaban J connectivity index is -0.000000105. The van der Waals surface area contributed by atoms with Crippen LogP contribution in [-0.2, 0) is 21.7 Å². The molecule has 4 nitrogen and oxygen atoms in total. The molecule has 0 unspecified atom stereocenters. The summed E-state index contributed by atoms with van der Waals surface area (Å²) in [5.74, 6) is 0. The smallest absolute Gasteiger partial charge is 0.187 e. The van der Waals surface area contributed by atoms with E-state index in [1.54, 1.807) is 0 Å². The van der Waals surface area contributed by atoms with E-state index in [0.717, 1.165) is 72.5 Å². The average Bonchev–Trinajstić information content (AvgIpc) is 2.87. The van der Waals surface area contributed by atoms with Gasteiger partial charge >= 0.3 is 0 Å². The third kappa shape index (κ3) is 23.6. The van der Waals surface area contributed by atoms with Crippen LogP contribution in [0.2, 0.25) is 72.5 Å². The van der Waals surface area contributed by atoms with Crippen LogP contribution in [0.1, 0.15) is 83.1 Å². The van der Waals surface area contributed by atoms with Crippen LogP contribution >= 0.6 is 0 Å². The Kier molecular flexibility index (Phi) is 33.8. The monoisotopic (exact) mass is 576 g/mol. The maximum atomic E-state index is 9.58. The van der Waals surface area contributed by atoms with E-state index < -0.39 is 33.3 Å². The quantitative estimate of drug-likeness (QED) is 0.178. The van der Waals surface area contributed by atoms with Crippen molar-refractivity contribution in [2.24, 2.45) is 0 Å². The van der Waals surface area contributed by atoms with Crippen LogP contribution in [-0.4, -0.2) is 52.5 Å². The Morgan fingerprint density at radius 1 is 0.273 bits per heavy atom. The molecule has 0 saturated heterocycles. The van der Waals surface area contributed by atoms with E-state index in [1.165, 1.54) is 0 Å². The predicted octanol–water partition coefficient (Wildman–Crippen LogP) is 7.93. The van der Waals surface area contributed by atoms with Crippen LogP contribution in [0.5, 0.6) is 0 Å². The molecule has 0 rings (SSSR count). The fourth-order valence-electron chi connectivity index (χ4n) is 3.00. The normalized spacial score (nSPS) is 11.6. The second-order valence-corrected chi connectivity index (χ2v) is 27.4. The zero-order valence-electron chi connectivity index (χ0n) is 24.8. The van der Waals surface area contributed by atoms with Gasteiger partial charge < -0.3 is 19.2 Å². The van der Waals surface area contributed by atoms with Crippen molar-refractivity contribution in [2.75, 3.05) is 0 Å². The van der Waals surface area contributed by atoms with Gasteiger partial charge in [0.1, 0.15) is 0 Å². The Hall–Kier alpha value is 1.42. The summed E-state index contributed by atoms with van der Waals surface area (Å²) in [7, 11) is -6.69. The van der Waals surface area contributed by atoms with E-state index in [2.05, 4.69) is 83.1 Å². The van der Waals surface area contributed by atoms with Gasteiger partial charge in [-0.2, -0.15) is 0 Å². The molecule has 0 aromatic heterocycles. The van der Waals surface area contributed by atoms with Crippen molar-refractivity contribution in [2.45, 2.75) is 156 Å². The predicted molar refractivity (Wildman–Crippen MR) is 158 cm³/mol. The second-order valence-electron chi connectivity index (χ2n) is 9.14. The third-order valence-corrected chi connectivity index (χ3v) is 23.7. The molecular weight excluding hydrogens is 512 g/mol. The number of rotatable bonds is 12. The van der Waals surface area contributed by atoms with E-state index in [0.29, 0.717) is 0 Å². The summed E-state index contributed by atoms with van der Waals surface area (Å²) in [6, 6.07) is 12.2. The van der Waals surface area contributed by atoms with Crippen molar-refractivity contribution in [3.05, 3.63) is 0 Å². The molecule has 204 valence electrons. The molecule has 0 atom stereocenters. The first kappa shape index (κ1) is 44.4. The molecule has 0 aliphatic carbocycles. The van der Waals surface area contributed by atoms with Crippen molar-refractivity contribution < 1.29 is 40.9 Å². The summed E-state index contributed by atoms with van der Waals surface area (Å²) in [6.45, 7) is 25.0. The second kappa shape index (κ2) is 25.1. The zero-order chi connectivity index (χ0) is 26.5. The zero-order valence-corrected chi connectivity index (χ0v) is 30.3. The first-order chi connectivity index (χ1) is 14.7. The van der Waals surface area contributed by atoms with Crippen molar-refractivity contribution in [3.63, 3.8) is 0 Å². The minimum atomic E-state index is -1.67. The van der Waals surface area contributed by atoms with Gasteiger partial charge in [-0.15, -0.1) is 0 Å². The third-order valence-electron chi connectivity index (χ3n) is 7.90. The molecule has 0 heterocycles. The number of hydrogen-bond donors (Lipinski definition) is 4. The molecule has 0 aromatic carbocycles. The molecule has 9 heteroatoms. The molecule has 0 bridgehead atoms. The molecular formula is C24H64O4Si4Ti. The van der Waals surface area contributed by atoms with Crippen LogP contribution in [0, 0.1) is 0 Å². The minimum Gasteiger partial charge on any atom is -0.432 e. The van der Waals surface area contributed by atoms with E-state index >= 15 is 0 Å². The van der Waals surface area contributed by atoms with Gasteiger partial charge in [-0.25, -0.2) is 0 Å². The standard InChI is InChI=1S/4C6H16OSi.Ti/c4*1-4-8(7,5-2)6-3;/h4*7H,4-6H2,1-3H3;. The van der Waals surface area contributed by atoms with E-state index in [4.69, 9.17) is 0 Å².